The Kier molecular flexibility index (Phi) is 17.8. The number of aryl methyl sites for hydroxylation is 2. The van der Waals surface area contributed by atoms with Crippen molar-refractivity contribution in [1.29, 1.82) is 0 Å². The van der Waals surface area contributed by atoms with Crippen LogP contribution < -0.4 is 4.90 Å². The molecule has 0 aliphatic heterocycles. The van der Waals surface area contributed by atoms with E-state index in [4.69, 9.17) is 4.42 Å². The van der Waals surface area contributed by atoms with Gasteiger partial charge in [0.05, 0.1) is 11.0 Å². The summed E-state index contributed by atoms with van der Waals surface area (Å²) in [7, 11) is 0. The Morgan fingerprint density at radius 1 is 0.353 bits per heavy atom. The fourth-order valence-electron chi connectivity index (χ4n) is 15.8. The van der Waals surface area contributed by atoms with Crippen LogP contribution in [0.4, 0.5) is 17.1 Å². The van der Waals surface area contributed by atoms with Crippen molar-refractivity contribution >= 4 is 60.7 Å². The van der Waals surface area contributed by atoms with Crippen LogP contribution in [0.2, 0.25) is 0 Å². The number of fused-ring (bicyclic) bond motifs is 6. The molecule has 0 aliphatic carbocycles. The molecule has 0 bridgehead atoms. The van der Waals surface area contributed by atoms with Crippen LogP contribution in [-0.2, 0) is 5.41 Å². The molecule has 3 aromatic heterocycles. The maximum Gasteiger partial charge on any atom is 0.248 e. The number of hydrogen-bond acceptors (Lipinski definition) is 4. The molecule has 0 fully saturated rings. The normalized spacial score (nSPS) is 13.0. The predicted octanol–water partition coefficient (Wildman–Crippen LogP) is 26.5. The van der Waals surface area contributed by atoms with Crippen LogP contribution >= 0.6 is 0 Å². The van der Waals surface area contributed by atoms with Gasteiger partial charge < -0.3 is 18.5 Å². The molecule has 0 amide bonds. The molecule has 16 rings (SSSR count). The number of rotatable bonds is 20. The molecule has 16 aromatic rings. The molecule has 0 aliphatic rings. The molecule has 6 heteroatoms. The van der Waals surface area contributed by atoms with Gasteiger partial charge >= 0.3 is 0 Å². The standard InChI is InChI=1S/C96H85N5O/c1-8-67(68-32-38-73(39-33-68)77-18-17-19-78(62-77)95-98-97-94(102-95)76-44-50-81(51-45-76)96(5,6)7)61-80(75-42-36-70(37-43-75)71-46-56-84(57-47-71)100(82-52-28-64(2)29-53-82)83-54-30-65(3)31-55-83)63-79(60-66(4)99-90-24-13-9-20-86(90)87-21-10-14-25-91(87)99)74-40-34-69(35-41-74)72-48-58-85(59-49-72)101-92-26-15-11-22-88(92)89-23-12-16-27-93(89)101/h9-59,62,66-67,79-80H,8,60-61,63H2,1-7H3. The zero-order chi connectivity index (χ0) is 69.4. The third-order valence-electron chi connectivity index (χ3n) is 21.4. The Morgan fingerprint density at radius 2 is 0.716 bits per heavy atom. The molecule has 4 atom stereocenters. The first-order valence-corrected chi connectivity index (χ1v) is 36.3. The summed E-state index contributed by atoms with van der Waals surface area (Å²) in [6.07, 6.45) is 3.92. The first kappa shape index (κ1) is 65.0. The molecule has 4 unspecified atom stereocenters. The summed E-state index contributed by atoms with van der Waals surface area (Å²) in [5.74, 6) is 1.75. The molecule has 0 spiro atoms. The van der Waals surface area contributed by atoms with Crippen molar-refractivity contribution in [2.45, 2.75) is 103 Å². The summed E-state index contributed by atoms with van der Waals surface area (Å²) < 4.78 is 11.4. The summed E-state index contributed by atoms with van der Waals surface area (Å²) >= 11 is 0. The van der Waals surface area contributed by atoms with Gasteiger partial charge in [-0.25, -0.2) is 0 Å². The highest BCUT2D eigenvalue weighted by atomic mass is 16.4. The molecule has 0 radical (unpaired) electrons. The van der Waals surface area contributed by atoms with Crippen molar-refractivity contribution in [3.8, 4) is 62.0 Å². The fraction of sp³-hybridized carbons (Fsp3) is 0.167. The molecule has 500 valence electrons. The van der Waals surface area contributed by atoms with Gasteiger partial charge in [0.2, 0.25) is 11.8 Å². The average molecular weight is 1320 g/mol. The lowest BCUT2D eigenvalue weighted by molar-refractivity contribution is 0.400. The smallest absolute Gasteiger partial charge is 0.248 e. The van der Waals surface area contributed by atoms with Gasteiger partial charge in [0.15, 0.2) is 0 Å². The Hall–Kier alpha value is -11.6. The zero-order valence-corrected chi connectivity index (χ0v) is 59.3. The van der Waals surface area contributed by atoms with Crippen LogP contribution in [0.5, 0.6) is 0 Å². The van der Waals surface area contributed by atoms with Gasteiger partial charge in [-0.2, -0.15) is 0 Å². The highest BCUT2D eigenvalue weighted by Crippen LogP contribution is 2.46. The Morgan fingerprint density at radius 3 is 1.19 bits per heavy atom. The second kappa shape index (κ2) is 27.8. The lowest BCUT2D eigenvalue weighted by Gasteiger charge is -2.30. The maximum absolute atomic E-state index is 6.35. The van der Waals surface area contributed by atoms with Crippen LogP contribution in [0.1, 0.15) is 117 Å². The van der Waals surface area contributed by atoms with E-state index in [1.807, 2.05) is 0 Å². The van der Waals surface area contributed by atoms with Crippen LogP contribution in [0.15, 0.2) is 320 Å². The molecular formula is C96H85N5O. The quantitative estimate of drug-likeness (QED) is 0.0763. The highest BCUT2D eigenvalue weighted by molar-refractivity contribution is 6.10. The number of hydrogen-bond donors (Lipinski definition) is 0. The van der Waals surface area contributed by atoms with Crippen molar-refractivity contribution in [2.24, 2.45) is 0 Å². The largest absolute Gasteiger partial charge is 0.416 e. The minimum atomic E-state index is 0.0536. The van der Waals surface area contributed by atoms with E-state index in [1.165, 1.54) is 99.2 Å². The minimum Gasteiger partial charge on any atom is -0.416 e. The molecule has 0 N–H and O–H groups in total. The van der Waals surface area contributed by atoms with E-state index >= 15 is 0 Å². The highest BCUT2D eigenvalue weighted by Gasteiger charge is 2.28. The topological polar surface area (TPSA) is 52.0 Å². The third-order valence-corrected chi connectivity index (χ3v) is 21.4. The van der Waals surface area contributed by atoms with E-state index in [0.29, 0.717) is 17.7 Å². The monoisotopic (exact) mass is 1320 g/mol. The summed E-state index contributed by atoms with van der Waals surface area (Å²) in [6, 6.07) is 117. The number of aromatic nitrogens is 4. The second-order valence-corrected chi connectivity index (χ2v) is 29.1. The van der Waals surface area contributed by atoms with Crippen LogP contribution in [0, 0.1) is 13.8 Å². The molecule has 0 saturated carbocycles. The first-order chi connectivity index (χ1) is 49.8. The fourth-order valence-corrected chi connectivity index (χ4v) is 15.8. The molecular weight excluding hydrogens is 1240 g/mol. The number of anilines is 3. The molecule has 102 heavy (non-hydrogen) atoms. The van der Waals surface area contributed by atoms with Crippen molar-refractivity contribution in [1.82, 2.24) is 19.3 Å². The maximum atomic E-state index is 6.35. The summed E-state index contributed by atoms with van der Waals surface area (Å²) in [5.41, 5.74) is 26.3. The molecule has 3 heterocycles. The minimum absolute atomic E-state index is 0.0536. The zero-order valence-electron chi connectivity index (χ0n) is 59.3. The van der Waals surface area contributed by atoms with Crippen molar-refractivity contribution < 1.29 is 4.42 Å². The predicted molar refractivity (Wildman–Crippen MR) is 428 cm³/mol. The van der Waals surface area contributed by atoms with Crippen LogP contribution in [-0.4, -0.2) is 19.3 Å². The van der Waals surface area contributed by atoms with Gasteiger partial charge in [0.1, 0.15) is 0 Å². The average Bonchev–Trinajstić information content (AvgIpc) is 1.60. The number of nitrogens with zero attached hydrogens (tertiary/aromatic N) is 5. The summed E-state index contributed by atoms with van der Waals surface area (Å²) in [4.78, 5) is 2.35. The van der Waals surface area contributed by atoms with E-state index in [0.717, 1.165) is 70.7 Å². The van der Waals surface area contributed by atoms with Crippen molar-refractivity contribution in [3.63, 3.8) is 0 Å². The van der Waals surface area contributed by atoms with E-state index in [9.17, 15) is 0 Å². The Bertz CT molecular complexity index is 5430. The lowest BCUT2D eigenvalue weighted by Crippen LogP contribution is -2.15. The van der Waals surface area contributed by atoms with E-state index in [2.05, 4.69) is 388 Å². The number of benzene rings is 13. The summed E-state index contributed by atoms with van der Waals surface area (Å²) in [6.45, 7) is 15.8. The van der Waals surface area contributed by atoms with Gasteiger partial charge in [-0.15, -0.1) is 10.2 Å². The first-order valence-electron chi connectivity index (χ1n) is 36.3. The molecule has 13 aromatic carbocycles. The van der Waals surface area contributed by atoms with Gasteiger partial charge in [-0.05, 0) is 222 Å². The lowest BCUT2D eigenvalue weighted by atomic mass is 9.76. The number of para-hydroxylation sites is 4. The van der Waals surface area contributed by atoms with Gasteiger partial charge in [-0.1, -0.05) is 257 Å². The van der Waals surface area contributed by atoms with Crippen molar-refractivity contribution in [2.75, 3.05) is 4.90 Å². The molecule has 0 saturated heterocycles. The second-order valence-electron chi connectivity index (χ2n) is 29.1. The third kappa shape index (κ3) is 13.1. The Balaban J connectivity index is 0.737. The SMILES string of the molecule is CCC(CC(CC(CC(C)n1c2ccccc2c2ccccc21)c1ccc(-c2ccc(-n3c4ccccc4c4ccccc43)cc2)cc1)c1ccc(-c2ccc(N(c3ccc(C)cc3)c3ccc(C)cc3)cc2)cc1)c1ccc(-c2cccc(-c3nnc(-c4ccc(C(C)(C)C)cc4)o3)c2)cc1. The van der Waals surface area contributed by atoms with E-state index in [-0.39, 0.29) is 23.3 Å². The Labute approximate surface area is 599 Å². The van der Waals surface area contributed by atoms with E-state index < -0.39 is 0 Å². The van der Waals surface area contributed by atoms with Crippen LogP contribution in [0.3, 0.4) is 0 Å². The molecule has 6 nitrogen and oxygen atoms in total. The van der Waals surface area contributed by atoms with Crippen LogP contribution in [0.25, 0.3) is 106 Å². The van der Waals surface area contributed by atoms with Gasteiger partial charge in [-0.3, -0.25) is 0 Å². The van der Waals surface area contributed by atoms with Gasteiger partial charge in [0.25, 0.3) is 0 Å². The van der Waals surface area contributed by atoms with E-state index in [1.54, 1.807) is 0 Å². The summed E-state index contributed by atoms with van der Waals surface area (Å²) in [5, 5.41) is 14.2. The van der Waals surface area contributed by atoms with Gasteiger partial charge in [0, 0.05) is 72.5 Å². The van der Waals surface area contributed by atoms with Crippen molar-refractivity contribution in [3.05, 3.63) is 349 Å².